The number of β-amino-alcohol motifs (C(OH)–C–C–N with tert-alkyl or cyclic N) is 2. The van der Waals surface area contributed by atoms with E-state index in [4.69, 9.17) is 0 Å². The maximum absolute atomic E-state index is 9.30. The maximum atomic E-state index is 9.30. The molecular weight excluding hydrogens is 180 g/mol. The first kappa shape index (κ1) is 11.9. The molecular formula is C10H22N2O2. The number of nitrogens with zero attached hydrogens (tertiary/aromatic N) is 1. The number of rotatable bonds is 6. The molecule has 1 saturated heterocycles. The highest BCUT2D eigenvalue weighted by atomic mass is 16.3. The van der Waals surface area contributed by atoms with Gasteiger partial charge in [0.25, 0.3) is 0 Å². The highest BCUT2D eigenvalue weighted by molar-refractivity contribution is 4.82. The normalized spacial score (nSPS) is 28.5. The van der Waals surface area contributed by atoms with Crippen molar-refractivity contribution in [2.75, 3.05) is 32.7 Å². The molecule has 1 rings (SSSR count). The van der Waals surface area contributed by atoms with Gasteiger partial charge in [0.1, 0.15) is 0 Å². The van der Waals surface area contributed by atoms with E-state index in [-0.39, 0.29) is 0 Å². The number of likely N-dealkylation sites (tertiary alicyclic amines) is 1. The van der Waals surface area contributed by atoms with E-state index >= 15 is 0 Å². The van der Waals surface area contributed by atoms with Crippen LogP contribution in [0, 0.1) is 0 Å². The Labute approximate surface area is 85.9 Å². The zero-order chi connectivity index (χ0) is 10.4. The average Bonchev–Trinajstić information content (AvgIpc) is 2.46. The van der Waals surface area contributed by atoms with Crippen LogP contribution in [-0.2, 0) is 0 Å². The summed E-state index contributed by atoms with van der Waals surface area (Å²) in [6.07, 6.45) is 1.16. The van der Waals surface area contributed by atoms with E-state index in [0.717, 1.165) is 26.1 Å². The predicted molar refractivity (Wildman–Crippen MR) is 56.2 cm³/mol. The summed E-state index contributed by atoms with van der Waals surface area (Å²) >= 11 is 0. The van der Waals surface area contributed by atoms with Crippen LogP contribution in [0.4, 0.5) is 0 Å². The van der Waals surface area contributed by atoms with Crippen LogP contribution in [0.5, 0.6) is 0 Å². The van der Waals surface area contributed by atoms with E-state index < -0.39 is 12.2 Å². The molecule has 2 atom stereocenters. The number of nitrogens with one attached hydrogen (secondary N) is 1. The van der Waals surface area contributed by atoms with Gasteiger partial charge in [-0.25, -0.2) is 0 Å². The fourth-order valence-electron chi connectivity index (χ4n) is 1.76. The summed E-state index contributed by atoms with van der Waals surface area (Å²) in [5.74, 6) is 0. The molecule has 0 aromatic heterocycles. The number of aliphatic hydroxyl groups excluding tert-OH is 2. The molecule has 0 aliphatic carbocycles. The van der Waals surface area contributed by atoms with E-state index in [1.165, 1.54) is 6.42 Å². The minimum Gasteiger partial charge on any atom is -0.389 e. The van der Waals surface area contributed by atoms with Gasteiger partial charge < -0.3 is 15.5 Å². The third kappa shape index (κ3) is 3.92. The molecule has 84 valence electrons. The second-order valence-electron chi connectivity index (χ2n) is 4.00. The highest BCUT2D eigenvalue weighted by Crippen LogP contribution is 2.09. The van der Waals surface area contributed by atoms with E-state index in [2.05, 4.69) is 17.1 Å². The van der Waals surface area contributed by atoms with Crippen molar-refractivity contribution in [2.45, 2.75) is 32.0 Å². The van der Waals surface area contributed by atoms with E-state index in [1.807, 2.05) is 0 Å². The van der Waals surface area contributed by atoms with Crippen molar-refractivity contribution >= 4 is 0 Å². The standard InChI is InChI=1S/C10H22N2O2/c1-2-4-11-5-3-6-12-7-9(13)10(14)8-12/h9-11,13-14H,2-8H2,1H3. The lowest BCUT2D eigenvalue weighted by atomic mass is 10.3. The van der Waals surface area contributed by atoms with Gasteiger partial charge in [-0.2, -0.15) is 0 Å². The Morgan fingerprint density at radius 2 is 1.86 bits per heavy atom. The molecule has 1 aliphatic heterocycles. The van der Waals surface area contributed by atoms with E-state index in [9.17, 15) is 10.2 Å². The van der Waals surface area contributed by atoms with Crippen LogP contribution in [0.15, 0.2) is 0 Å². The second kappa shape index (κ2) is 6.35. The molecule has 3 N–H and O–H groups in total. The van der Waals surface area contributed by atoms with Crippen LogP contribution in [0.1, 0.15) is 19.8 Å². The fraction of sp³-hybridized carbons (Fsp3) is 1.00. The number of hydrogen-bond donors (Lipinski definition) is 3. The molecule has 0 saturated carbocycles. The van der Waals surface area contributed by atoms with Crippen molar-refractivity contribution in [2.24, 2.45) is 0 Å². The molecule has 0 spiro atoms. The lowest BCUT2D eigenvalue weighted by Gasteiger charge is -2.14. The van der Waals surface area contributed by atoms with Gasteiger partial charge >= 0.3 is 0 Å². The number of aliphatic hydroxyl groups is 2. The predicted octanol–water partition coefficient (Wildman–Crippen LogP) is -0.586. The van der Waals surface area contributed by atoms with Gasteiger partial charge in [-0.3, -0.25) is 4.90 Å². The Morgan fingerprint density at radius 3 is 2.43 bits per heavy atom. The van der Waals surface area contributed by atoms with Gasteiger partial charge in [-0.15, -0.1) is 0 Å². The smallest absolute Gasteiger partial charge is 0.0938 e. The Hall–Kier alpha value is -0.160. The molecule has 14 heavy (non-hydrogen) atoms. The fourth-order valence-corrected chi connectivity index (χ4v) is 1.76. The van der Waals surface area contributed by atoms with Crippen molar-refractivity contribution in [3.8, 4) is 0 Å². The number of hydrogen-bond acceptors (Lipinski definition) is 4. The zero-order valence-electron chi connectivity index (χ0n) is 8.95. The molecule has 0 amide bonds. The monoisotopic (exact) mass is 202 g/mol. The first-order chi connectivity index (χ1) is 6.74. The topological polar surface area (TPSA) is 55.7 Å². The van der Waals surface area contributed by atoms with Crippen molar-refractivity contribution in [1.82, 2.24) is 10.2 Å². The molecule has 0 aromatic carbocycles. The summed E-state index contributed by atoms with van der Waals surface area (Å²) < 4.78 is 0. The van der Waals surface area contributed by atoms with Crippen LogP contribution in [0.25, 0.3) is 0 Å². The molecule has 0 bridgehead atoms. The molecule has 0 aromatic rings. The zero-order valence-corrected chi connectivity index (χ0v) is 8.95. The van der Waals surface area contributed by atoms with Gasteiger partial charge in [0.2, 0.25) is 0 Å². The van der Waals surface area contributed by atoms with Gasteiger partial charge in [0.15, 0.2) is 0 Å². The van der Waals surface area contributed by atoms with E-state index in [1.54, 1.807) is 0 Å². The van der Waals surface area contributed by atoms with Crippen molar-refractivity contribution < 1.29 is 10.2 Å². The minimum absolute atomic E-state index is 0.543. The van der Waals surface area contributed by atoms with Crippen molar-refractivity contribution in [3.63, 3.8) is 0 Å². The van der Waals surface area contributed by atoms with E-state index in [0.29, 0.717) is 13.1 Å². The van der Waals surface area contributed by atoms with Crippen LogP contribution < -0.4 is 5.32 Å². The Balaban J connectivity index is 1.97. The molecule has 4 heteroatoms. The Bertz CT molecular complexity index is 145. The lowest BCUT2D eigenvalue weighted by Crippen LogP contribution is -2.26. The maximum Gasteiger partial charge on any atom is 0.0938 e. The van der Waals surface area contributed by atoms with Crippen LogP contribution in [0.3, 0.4) is 0 Å². The molecule has 0 radical (unpaired) electrons. The quantitative estimate of drug-likeness (QED) is 0.504. The van der Waals surface area contributed by atoms with Gasteiger partial charge in [0.05, 0.1) is 12.2 Å². The van der Waals surface area contributed by atoms with Crippen LogP contribution >= 0.6 is 0 Å². The lowest BCUT2D eigenvalue weighted by molar-refractivity contribution is 0.0572. The van der Waals surface area contributed by atoms with Crippen molar-refractivity contribution in [1.29, 1.82) is 0 Å². The summed E-state index contributed by atoms with van der Waals surface area (Å²) in [6.45, 7) is 6.46. The highest BCUT2D eigenvalue weighted by Gasteiger charge is 2.28. The van der Waals surface area contributed by atoms with Gasteiger partial charge in [-0.1, -0.05) is 6.92 Å². The van der Waals surface area contributed by atoms with Gasteiger partial charge in [0, 0.05) is 13.1 Å². The van der Waals surface area contributed by atoms with Crippen LogP contribution in [-0.4, -0.2) is 60.0 Å². The third-order valence-corrected chi connectivity index (χ3v) is 2.59. The first-order valence-corrected chi connectivity index (χ1v) is 5.53. The van der Waals surface area contributed by atoms with Crippen molar-refractivity contribution in [3.05, 3.63) is 0 Å². The molecule has 2 unspecified atom stereocenters. The third-order valence-electron chi connectivity index (χ3n) is 2.59. The minimum atomic E-state index is -0.543. The summed E-state index contributed by atoms with van der Waals surface area (Å²) in [7, 11) is 0. The summed E-state index contributed by atoms with van der Waals surface area (Å²) in [4.78, 5) is 2.11. The Morgan fingerprint density at radius 1 is 1.21 bits per heavy atom. The first-order valence-electron chi connectivity index (χ1n) is 5.53. The second-order valence-corrected chi connectivity index (χ2v) is 4.00. The summed E-state index contributed by atoms with van der Waals surface area (Å²) in [5.41, 5.74) is 0. The molecule has 4 nitrogen and oxygen atoms in total. The van der Waals surface area contributed by atoms with Gasteiger partial charge in [-0.05, 0) is 32.5 Å². The average molecular weight is 202 g/mol. The molecule has 1 heterocycles. The largest absolute Gasteiger partial charge is 0.389 e. The molecule has 1 aliphatic rings. The Kier molecular flexibility index (Phi) is 5.40. The van der Waals surface area contributed by atoms with Crippen LogP contribution in [0.2, 0.25) is 0 Å². The molecule has 1 fully saturated rings. The SMILES string of the molecule is CCCNCCCN1CC(O)C(O)C1. The summed E-state index contributed by atoms with van der Waals surface area (Å²) in [5, 5.41) is 21.9. The summed E-state index contributed by atoms with van der Waals surface area (Å²) in [6, 6.07) is 0.